The predicted octanol–water partition coefficient (Wildman–Crippen LogP) is 7.61. The topological polar surface area (TPSA) is 19.7 Å². The van der Waals surface area contributed by atoms with E-state index in [9.17, 15) is 0 Å². The maximum atomic E-state index is 3.69. The number of benzene rings is 3. The number of hydrogen-bond acceptors (Lipinski definition) is 0. The molecule has 0 saturated carbocycles. The molecule has 0 fully saturated rings. The molecule has 0 aliphatic heterocycles. The minimum Gasteiger partial charge on any atom is -0.247 e. The highest BCUT2D eigenvalue weighted by Gasteiger charge is 2.42. The van der Waals surface area contributed by atoms with Crippen molar-refractivity contribution in [2.24, 2.45) is 0 Å². The lowest BCUT2D eigenvalue weighted by molar-refractivity contribution is -0.696. The second-order valence-corrected chi connectivity index (χ2v) is 9.81. The second kappa shape index (κ2) is 11.8. The number of imidazole rings is 1. The number of nitrogens with zero attached hydrogens (tertiary/aromatic N) is 1. The predicted molar refractivity (Wildman–Crippen MR) is 142 cm³/mol. The summed E-state index contributed by atoms with van der Waals surface area (Å²) in [6.45, 7) is 5.66. The largest absolute Gasteiger partial charge is 0.258 e. The number of unbranched alkanes of at least 4 members (excludes halogenated alkanes) is 3. The number of nitrogens with one attached hydrogen (secondary N) is 1. The summed E-state index contributed by atoms with van der Waals surface area (Å²) in [5.74, 6) is 1.72. The molecule has 0 aliphatic carbocycles. The molecule has 34 heavy (non-hydrogen) atoms. The number of H-pyrrole nitrogens is 1. The molecule has 3 aromatic carbocycles. The smallest absolute Gasteiger partial charge is 0.247 e. The first-order chi connectivity index (χ1) is 16.7. The van der Waals surface area contributed by atoms with Gasteiger partial charge in [0.25, 0.3) is 5.82 Å². The van der Waals surface area contributed by atoms with Gasteiger partial charge >= 0.3 is 0 Å². The first-order valence-electron chi connectivity index (χ1n) is 12.9. The van der Waals surface area contributed by atoms with Gasteiger partial charge in [0.05, 0.1) is 5.92 Å². The Balaban J connectivity index is 1.75. The van der Waals surface area contributed by atoms with E-state index in [0.717, 1.165) is 13.0 Å². The third-order valence-electron chi connectivity index (χ3n) is 7.28. The van der Waals surface area contributed by atoms with Crippen LogP contribution in [0.15, 0.2) is 103 Å². The third kappa shape index (κ3) is 5.86. The fourth-order valence-corrected chi connectivity index (χ4v) is 5.39. The van der Waals surface area contributed by atoms with Crippen LogP contribution in [0.4, 0.5) is 0 Å². The second-order valence-electron chi connectivity index (χ2n) is 9.81. The molecule has 1 heterocycles. The van der Waals surface area contributed by atoms with Gasteiger partial charge in [-0.2, -0.15) is 0 Å². The minimum atomic E-state index is -0.0296. The van der Waals surface area contributed by atoms with Gasteiger partial charge in [-0.1, -0.05) is 131 Å². The molecular formula is C32H39N2+. The SMILES string of the molecule is CCCCCCC(c1[nH]cc[n+]1Cc1ccccc1)C(C)(Cc1ccccc1)c1ccccc1. The van der Waals surface area contributed by atoms with Gasteiger partial charge in [0, 0.05) is 5.41 Å². The fourth-order valence-electron chi connectivity index (χ4n) is 5.39. The molecule has 2 nitrogen and oxygen atoms in total. The Bertz CT molecular complexity index is 1100. The van der Waals surface area contributed by atoms with E-state index in [1.807, 2.05) is 0 Å². The Morgan fingerprint density at radius 1 is 0.765 bits per heavy atom. The Morgan fingerprint density at radius 2 is 1.38 bits per heavy atom. The summed E-state index contributed by atoms with van der Waals surface area (Å²) >= 11 is 0. The average Bonchev–Trinajstić information content (AvgIpc) is 3.33. The summed E-state index contributed by atoms with van der Waals surface area (Å²) < 4.78 is 2.44. The molecule has 0 aliphatic rings. The van der Waals surface area contributed by atoms with Gasteiger partial charge < -0.3 is 0 Å². The maximum absolute atomic E-state index is 3.69. The van der Waals surface area contributed by atoms with Crippen molar-refractivity contribution in [3.63, 3.8) is 0 Å². The van der Waals surface area contributed by atoms with Gasteiger partial charge in [-0.3, -0.25) is 0 Å². The van der Waals surface area contributed by atoms with Crippen LogP contribution in [0, 0.1) is 0 Å². The zero-order valence-electron chi connectivity index (χ0n) is 20.8. The molecule has 1 aromatic heterocycles. The van der Waals surface area contributed by atoms with Crippen molar-refractivity contribution in [1.82, 2.24) is 4.98 Å². The Labute approximate surface area is 205 Å². The highest BCUT2D eigenvalue weighted by Crippen LogP contribution is 2.43. The molecule has 4 rings (SSSR count). The summed E-state index contributed by atoms with van der Waals surface area (Å²) in [7, 11) is 0. The zero-order valence-corrected chi connectivity index (χ0v) is 20.8. The van der Waals surface area contributed by atoms with Gasteiger partial charge in [0.15, 0.2) is 0 Å². The summed E-state index contributed by atoms with van der Waals surface area (Å²) in [6.07, 6.45) is 11.6. The number of aromatic amines is 1. The van der Waals surface area contributed by atoms with Crippen LogP contribution in [-0.4, -0.2) is 4.98 Å². The monoisotopic (exact) mass is 451 g/mol. The van der Waals surface area contributed by atoms with Gasteiger partial charge in [-0.25, -0.2) is 9.55 Å². The number of hydrogen-bond donors (Lipinski definition) is 1. The van der Waals surface area contributed by atoms with Crippen LogP contribution < -0.4 is 4.57 Å². The van der Waals surface area contributed by atoms with E-state index in [1.165, 1.54) is 54.6 Å². The molecule has 0 bridgehead atoms. The van der Waals surface area contributed by atoms with Gasteiger partial charge in [0.2, 0.25) is 0 Å². The van der Waals surface area contributed by atoms with E-state index in [1.54, 1.807) is 0 Å². The van der Waals surface area contributed by atoms with Crippen LogP contribution >= 0.6 is 0 Å². The van der Waals surface area contributed by atoms with Crippen LogP contribution in [0.2, 0.25) is 0 Å². The molecule has 176 valence electrons. The summed E-state index contributed by atoms with van der Waals surface area (Å²) in [4.78, 5) is 3.69. The standard InChI is InChI=1S/C32H38N2/c1-3-4-5-15-22-30(31-33-23-24-34(31)26-28-18-11-7-12-19-28)32(2,29-20-13-8-14-21-29)25-27-16-9-6-10-17-27/h6-14,16-21,23-24,30H,3-5,15,22,25-26H2,1-2H3/p+1. The van der Waals surface area contributed by atoms with Crippen molar-refractivity contribution in [2.45, 2.75) is 70.3 Å². The molecule has 2 unspecified atom stereocenters. The molecular weight excluding hydrogens is 412 g/mol. The molecule has 0 saturated heterocycles. The van der Waals surface area contributed by atoms with Crippen LogP contribution in [0.1, 0.15) is 74.4 Å². The van der Waals surface area contributed by atoms with Gasteiger partial charge in [-0.15, -0.1) is 0 Å². The van der Waals surface area contributed by atoms with Crippen LogP contribution in [0.5, 0.6) is 0 Å². The number of aromatic nitrogens is 2. The molecule has 0 spiro atoms. The third-order valence-corrected chi connectivity index (χ3v) is 7.28. The highest BCUT2D eigenvalue weighted by molar-refractivity contribution is 5.32. The molecule has 4 aromatic rings. The van der Waals surface area contributed by atoms with E-state index in [2.05, 4.69) is 127 Å². The quantitative estimate of drug-likeness (QED) is 0.169. The Hall–Kier alpha value is -3.13. The number of rotatable bonds is 12. The van der Waals surface area contributed by atoms with Crippen molar-refractivity contribution < 1.29 is 4.57 Å². The van der Waals surface area contributed by atoms with Crippen molar-refractivity contribution in [2.75, 3.05) is 0 Å². The summed E-state index contributed by atoms with van der Waals surface area (Å²) in [5, 5.41) is 0. The van der Waals surface area contributed by atoms with Crippen molar-refractivity contribution >= 4 is 0 Å². The maximum Gasteiger partial charge on any atom is 0.258 e. The average molecular weight is 452 g/mol. The Morgan fingerprint density at radius 3 is 2.03 bits per heavy atom. The van der Waals surface area contributed by atoms with E-state index < -0.39 is 0 Å². The van der Waals surface area contributed by atoms with Crippen LogP contribution in [0.25, 0.3) is 0 Å². The van der Waals surface area contributed by atoms with Crippen LogP contribution in [0.3, 0.4) is 0 Å². The molecule has 2 atom stereocenters. The van der Waals surface area contributed by atoms with Gasteiger partial charge in [-0.05, 0) is 29.5 Å². The van der Waals surface area contributed by atoms with Crippen molar-refractivity contribution in [3.8, 4) is 0 Å². The minimum absolute atomic E-state index is 0.0296. The van der Waals surface area contributed by atoms with E-state index in [-0.39, 0.29) is 5.41 Å². The molecule has 0 amide bonds. The van der Waals surface area contributed by atoms with Crippen molar-refractivity contribution in [1.29, 1.82) is 0 Å². The van der Waals surface area contributed by atoms with E-state index in [0.29, 0.717) is 5.92 Å². The lowest BCUT2D eigenvalue weighted by Crippen LogP contribution is -2.44. The van der Waals surface area contributed by atoms with Gasteiger partial charge in [0.1, 0.15) is 18.9 Å². The van der Waals surface area contributed by atoms with E-state index in [4.69, 9.17) is 0 Å². The first kappa shape index (κ1) is 24.0. The lowest BCUT2D eigenvalue weighted by atomic mass is 9.66. The normalized spacial score (nSPS) is 13.9. The Kier molecular flexibility index (Phi) is 8.36. The summed E-state index contributed by atoms with van der Waals surface area (Å²) in [6, 6.07) is 33.0. The van der Waals surface area contributed by atoms with Crippen LogP contribution in [-0.2, 0) is 18.4 Å². The van der Waals surface area contributed by atoms with Crippen molar-refractivity contribution in [3.05, 3.63) is 126 Å². The molecule has 1 N–H and O–H groups in total. The van der Waals surface area contributed by atoms with E-state index >= 15 is 0 Å². The lowest BCUT2D eigenvalue weighted by Gasteiger charge is -2.37. The highest BCUT2D eigenvalue weighted by atomic mass is 15.1. The fraction of sp³-hybridized carbons (Fsp3) is 0.344. The zero-order chi connectivity index (χ0) is 23.6. The first-order valence-corrected chi connectivity index (χ1v) is 12.9. The molecule has 0 radical (unpaired) electrons. The molecule has 2 heteroatoms. The summed E-state index contributed by atoms with van der Waals surface area (Å²) in [5.41, 5.74) is 4.12.